The summed E-state index contributed by atoms with van der Waals surface area (Å²) in [6, 6.07) is 5.69. The fraction of sp³-hybridized carbons (Fsp3) is 0.538. The lowest BCUT2D eigenvalue weighted by Crippen LogP contribution is -2.21. The van der Waals surface area contributed by atoms with E-state index in [4.69, 9.17) is 0 Å². The summed E-state index contributed by atoms with van der Waals surface area (Å²) in [5.74, 6) is 0.679. The molecule has 88 valence electrons. The van der Waals surface area contributed by atoms with Gasteiger partial charge in [-0.25, -0.2) is 4.39 Å². The van der Waals surface area contributed by atoms with Crippen molar-refractivity contribution in [3.05, 3.63) is 34.1 Å². The van der Waals surface area contributed by atoms with Crippen LogP contribution in [0.2, 0.25) is 0 Å². The summed E-state index contributed by atoms with van der Waals surface area (Å²) in [4.78, 5) is 0. The molecule has 1 aliphatic rings. The van der Waals surface area contributed by atoms with E-state index in [0.29, 0.717) is 10.5 Å². The number of nitrogens with one attached hydrogen (secondary N) is 1. The molecular formula is C13H17BrFN. The van der Waals surface area contributed by atoms with Gasteiger partial charge in [0.2, 0.25) is 0 Å². The summed E-state index contributed by atoms with van der Waals surface area (Å²) in [5, 5.41) is 3.47. The van der Waals surface area contributed by atoms with E-state index in [1.54, 1.807) is 0 Å². The van der Waals surface area contributed by atoms with Crippen molar-refractivity contribution in [1.82, 2.24) is 5.32 Å². The molecule has 1 nitrogen and oxygen atoms in total. The smallest absolute Gasteiger partial charge is 0.137 e. The lowest BCUT2D eigenvalue weighted by Gasteiger charge is -2.18. The molecule has 0 heterocycles. The molecule has 0 spiro atoms. The maximum Gasteiger partial charge on any atom is 0.137 e. The van der Waals surface area contributed by atoms with Gasteiger partial charge in [0.15, 0.2) is 0 Å². The number of hydrogen-bond donors (Lipinski definition) is 1. The SMILES string of the molecule is CCNC(CC1CC1)c1ccc(F)c(Br)c1. The van der Waals surface area contributed by atoms with Crippen LogP contribution >= 0.6 is 15.9 Å². The fourth-order valence-corrected chi connectivity index (χ4v) is 2.40. The molecule has 0 amide bonds. The van der Waals surface area contributed by atoms with Crippen LogP contribution in [-0.4, -0.2) is 6.54 Å². The zero-order chi connectivity index (χ0) is 11.5. The van der Waals surface area contributed by atoms with Gasteiger partial charge in [-0.3, -0.25) is 0 Å². The molecule has 16 heavy (non-hydrogen) atoms. The zero-order valence-corrected chi connectivity index (χ0v) is 11.1. The number of benzene rings is 1. The van der Waals surface area contributed by atoms with Gasteiger partial charge in [0.05, 0.1) is 4.47 Å². The molecule has 3 heteroatoms. The van der Waals surface area contributed by atoms with Crippen molar-refractivity contribution in [3.8, 4) is 0 Å². The fourth-order valence-electron chi connectivity index (χ4n) is 2.00. The van der Waals surface area contributed by atoms with E-state index < -0.39 is 0 Å². The average Bonchev–Trinajstić information content (AvgIpc) is 3.05. The minimum absolute atomic E-state index is 0.189. The van der Waals surface area contributed by atoms with Gasteiger partial charge in [-0.15, -0.1) is 0 Å². The second-order valence-corrected chi connectivity index (χ2v) is 5.32. The number of hydrogen-bond acceptors (Lipinski definition) is 1. The Kier molecular flexibility index (Phi) is 3.98. The van der Waals surface area contributed by atoms with Gasteiger partial charge < -0.3 is 5.32 Å². The lowest BCUT2D eigenvalue weighted by molar-refractivity contribution is 0.485. The Morgan fingerprint density at radius 2 is 2.25 bits per heavy atom. The maximum atomic E-state index is 13.2. The first-order valence-electron chi connectivity index (χ1n) is 5.89. The third kappa shape index (κ3) is 3.05. The Balaban J connectivity index is 2.12. The second-order valence-electron chi connectivity index (χ2n) is 4.46. The van der Waals surface area contributed by atoms with Crippen molar-refractivity contribution in [2.75, 3.05) is 6.54 Å². The molecule has 0 aromatic heterocycles. The first-order valence-corrected chi connectivity index (χ1v) is 6.68. The molecular weight excluding hydrogens is 269 g/mol. The topological polar surface area (TPSA) is 12.0 Å². The Morgan fingerprint density at radius 3 is 2.81 bits per heavy atom. The Labute approximate surface area is 105 Å². The van der Waals surface area contributed by atoms with E-state index >= 15 is 0 Å². The van der Waals surface area contributed by atoms with Crippen LogP contribution in [0.25, 0.3) is 0 Å². The van der Waals surface area contributed by atoms with Crippen LogP contribution in [0.5, 0.6) is 0 Å². The molecule has 1 aromatic carbocycles. The number of rotatable bonds is 5. The third-order valence-corrected chi connectivity index (χ3v) is 3.67. The summed E-state index contributed by atoms with van der Waals surface area (Å²) < 4.78 is 13.7. The van der Waals surface area contributed by atoms with E-state index in [-0.39, 0.29) is 5.82 Å². The van der Waals surface area contributed by atoms with Crippen LogP contribution in [0.15, 0.2) is 22.7 Å². The van der Waals surface area contributed by atoms with E-state index in [9.17, 15) is 4.39 Å². The normalized spacial score (nSPS) is 17.4. The minimum Gasteiger partial charge on any atom is -0.310 e. The predicted molar refractivity (Wildman–Crippen MR) is 67.9 cm³/mol. The predicted octanol–water partition coefficient (Wildman–Crippen LogP) is 4.04. The molecule has 1 aliphatic carbocycles. The summed E-state index contributed by atoms with van der Waals surface area (Å²) in [6.07, 6.45) is 3.88. The monoisotopic (exact) mass is 285 g/mol. The summed E-state index contributed by atoms with van der Waals surface area (Å²) in [5.41, 5.74) is 1.18. The summed E-state index contributed by atoms with van der Waals surface area (Å²) in [6.45, 7) is 3.06. The second kappa shape index (κ2) is 5.28. The lowest BCUT2D eigenvalue weighted by atomic mass is 10.0. The molecule has 0 aliphatic heterocycles. The first-order chi connectivity index (χ1) is 7.70. The molecule has 1 fully saturated rings. The van der Waals surface area contributed by atoms with Crippen molar-refractivity contribution in [2.24, 2.45) is 5.92 Å². The Morgan fingerprint density at radius 1 is 1.50 bits per heavy atom. The van der Waals surface area contributed by atoms with Crippen LogP contribution in [0, 0.1) is 11.7 Å². The van der Waals surface area contributed by atoms with Crippen molar-refractivity contribution < 1.29 is 4.39 Å². The molecule has 2 rings (SSSR count). The Hall–Kier alpha value is -0.410. The van der Waals surface area contributed by atoms with Gasteiger partial charge >= 0.3 is 0 Å². The van der Waals surface area contributed by atoms with Gasteiger partial charge in [-0.1, -0.05) is 25.8 Å². The average molecular weight is 286 g/mol. The highest BCUT2D eigenvalue weighted by Crippen LogP contribution is 2.38. The van der Waals surface area contributed by atoms with Crippen molar-refractivity contribution in [1.29, 1.82) is 0 Å². The van der Waals surface area contributed by atoms with Gasteiger partial charge in [0.25, 0.3) is 0 Å². The molecule has 1 unspecified atom stereocenters. The molecule has 0 saturated heterocycles. The maximum absolute atomic E-state index is 13.2. The van der Waals surface area contributed by atoms with Gasteiger partial charge in [-0.05, 0) is 52.5 Å². The molecule has 1 aromatic rings. The highest BCUT2D eigenvalue weighted by Gasteiger charge is 2.26. The van der Waals surface area contributed by atoms with E-state index in [1.807, 2.05) is 12.1 Å². The highest BCUT2D eigenvalue weighted by molar-refractivity contribution is 9.10. The summed E-state index contributed by atoms with van der Waals surface area (Å²) >= 11 is 3.24. The highest BCUT2D eigenvalue weighted by atomic mass is 79.9. The molecule has 0 bridgehead atoms. The van der Waals surface area contributed by atoms with E-state index in [0.717, 1.165) is 12.5 Å². The van der Waals surface area contributed by atoms with Crippen LogP contribution in [-0.2, 0) is 0 Å². The standard InChI is InChI=1S/C13H17BrFN/c1-2-16-13(7-9-3-4-9)10-5-6-12(15)11(14)8-10/h5-6,8-9,13,16H,2-4,7H2,1H3. The van der Waals surface area contributed by atoms with Gasteiger partial charge in [0.1, 0.15) is 5.82 Å². The summed E-state index contributed by atoms with van der Waals surface area (Å²) in [7, 11) is 0. The van der Waals surface area contributed by atoms with Gasteiger partial charge in [-0.2, -0.15) is 0 Å². The van der Waals surface area contributed by atoms with Crippen molar-refractivity contribution in [2.45, 2.75) is 32.2 Å². The minimum atomic E-state index is -0.189. The third-order valence-electron chi connectivity index (χ3n) is 3.06. The van der Waals surface area contributed by atoms with Crippen LogP contribution in [0.1, 0.15) is 37.8 Å². The van der Waals surface area contributed by atoms with Gasteiger partial charge in [0, 0.05) is 6.04 Å². The van der Waals surface area contributed by atoms with Crippen LogP contribution in [0.4, 0.5) is 4.39 Å². The Bertz CT molecular complexity index is 363. The molecule has 1 atom stereocenters. The van der Waals surface area contributed by atoms with Crippen LogP contribution in [0.3, 0.4) is 0 Å². The molecule has 1 saturated carbocycles. The van der Waals surface area contributed by atoms with E-state index in [1.165, 1.54) is 30.9 Å². The molecule has 0 radical (unpaired) electrons. The van der Waals surface area contributed by atoms with Crippen molar-refractivity contribution in [3.63, 3.8) is 0 Å². The first kappa shape index (κ1) is 12.1. The quantitative estimate of drug-likeness (QED) is 0.861. The van der Waals surface area contributed by atoms with E-state index in [2.05, 4.69) is 28.2 Å². The van der Waals surface area contributed by atoms with Crippen LogP contribution < -0.4 is 5.32 Å². The van der Waals surface area contributed by atoms with Crippen molar-refractivity contribution >= 4 is 15.9 Å². The number of halogens is 2. The molecule has 1 N–H and O–H groups in total. The zero-order valence-electron chi connectivity index (χ0n) is 9.47. The largest absolute Gasteiger partial charge is 0.310 e.